The SMILES string of the molecule is Nc1ccc2nc(-c3cccc4c3OCCO4)[nH]c2c1. The van der Waals surface area contributed by atoms with Gasteiger partial charge in [0.15, 0.2) is 11.5 Å². The molecule has 0 fully saturated rings. The summed E-state index contributed by atoms with van der Waals surface area (Å²) in [6.07, 6.45) is 0. The average molecular weight is 267 g/mol. The fourth-order valence-corrected chi connectivity index (χ4v) is 2.41. The fraction of sp³-hybridized carbons (Fsp3) is 0.133. The van der Waals surface area contributed by atoms with Gasteiger partial charge in [0.1, 0.15) is 19.0 Å². The van der Waals surface area contributed by atoms with Crippen molar-refractivity contribution in [2.45, 2.75) is 0 Å². The lowest BCUT2D eigenvalue weighted by Crippen LogP contribution is -2.15. The van der Waals surface area contributed by atoms with E-state index in [1.54, 1.807) is 0 Å². The predicted molar refractivity (Wildman–Crippen MR) is 76.9 cm³/mol. The lowest BCUT2D eigenvalue weighted by molar-refractivity contribution is 0.172. The fourth-order valence-electron chi connectivity index (χ4n) is 2.41. The van der Waals surface area contributed by atoms with Gasteiger partial charge in [-0.05, 0) is 30.3 Å². The number of para-hydroxylation sites is 1. The van der Waals surface area contributed by atoms with Gasteiger partial charge in [0.05, 0.1) is 16.6 Å². The lowest BCUT2D eigenvalue weighted by Gasteiger charge is -2.20. The van der Waals surface area contributed by atoms with Crippen LogP contribution in [0.15, 0.2) is 36.4 Å². The Morgan fingerprint density at radius 3 is 2.95 bits per heavy atom. The highest BCUT2D eigenvalue weighted by Gasteiger charge is 2.18. The molecular formula is C15H13N3O2. The standard InChI is InChI=1S/C15H13N3O2/c16-9-4-5-11-12(8-9)18-15(17-11)10-2-1-3-13-14(10)20-7-6-19-13/h1-5,8H,6-7,16H2,(H,17,18). The van der Waals surface area contributed by atoms with Crippen molar-refractivity contribution < 1.29 is 9.47 Å². The Hall–Kier alpha value is -2.69. The van der Waals surface area contributed by atoms with Crippen molar-refractivity contribution in [2.24, 2.45) is 0 Å². The largest absolute Gasteiger partial charge is 0.486 e. The van der Waals surface area contributed by atoms with E-state index < -0.39 is 0 Å². The summed E-state index contributed by atoms with van der Waals surface area (Å²) in [4.78, 5) is 7.86. The van der Waals surface area contributed by atoms with Crippen molar-refractivity contribution in [1.82, 2.24) is 9.97 Å². The molecule has 3 aromatic rings. The topological polar surface area (TPSA) is 73.2 Å². The molecular weight excluding hydrogens is 254 g/mol. The summed E-state index contributed by atoms with van der Waals surface area (Å²) < 4.78 is 11.3. The summed E-state index contributed by atoms with van der Waals surface area (Å²) in [5, 5.41) is 0. The van der Waals surface area contributed by atoms with Crippen molar-refractivity contribution in [3.05, 3.63) is 36.4 Å². The second kappa shape index (κ2) is 4.16. The van der Waals surface area contributed by atoms with Crippen LogP contribution in [0, 0.1) is 0 Å². The molecule has 0 bridgehead atoms. The van der Waals surface area contributed by atoms with E-state index in [0.717, 1.165) is 33.9 Å². The van der Waals surface area contributed by atoms with Gasteiger partial charge in [-0.3, -0.25) is 0 Å². The molecule has 0 saturated heterocycles. The Morgan fingerprint density at radius 2 is 2.00 bits per heavy atom. The van der Waals surface area contributed by atoms with E-state index >= 15 is 0 Å². The van der Waals surface area contributed by atoms with Gasteiger partial charge in [-0.2, -0.15) is 0 Å². The number of benzene rings is 2. The first-order valence-corrected chi connectivity index (χ1v) is 6.45. The minimum atomic E-state index is 0.553. The molecule has 2 aromatic carbocycles. The monoisotopic (exact) mass is 267 g/mol. The Labute approximate surface area is 115 Å². The maximum Gasteiger partial charge on any atom is 0.172 e. The Kier molecular flexibility index (Phi) is 2.32. The molecule has 20 heavy (non-hydrogen) atoms. The van der Waals surface area contributed by atoms with E-state index in [1.807, 2.05) is 36.4 Å². The molecule has 2 heterocycles. The number of aromatic amines is 1. The number of nitrogens with zero attached hydrogens (tertiary/aromatic N) is 1. The number of H-pyrrole nitrogens is 1. The van der Waals surface area contributed by atoms with Crippen LogP contribution < -0.4 is 15.2 Å². The van der Waals surface area contributed by atoms with Crippen LogP contribution in [0.2, 0.25) is 0 Å². The van der Waals surface area contributed by atoms with Crippen LogP contribution in [0.25, 0.3) is 22.4 Å². The highest BCUT2D eigenvalue weighted by molar-refractivity contribution is 5.83. The highest BCUT2D eigenvalue weighted by Crippen LogP contribution is 2.39. The highest BCUT2D eigenvalue weighted by atomic mass is 16.6. The molecule has 0 amide bonds. The van der Waals surface area contributed by atoms with Gasteiger partial charge in [0, 0.05) is 5.69 Å². The molecule has 0 unspecified atom stereocenters. The number of rotatable bonds is 1. The van der Waals surface area contributed by atoms with Crippen molar-refractivity contribution >= 4 is 16.7 Å². The minimum absolute atomic E-state index is 0.553. The lowest BCUT2D eigenvalue weighted by atomic mass is 10.1. The minimum Gasteiger partial charge on any atom is -0.486 e. The van der Waals surface area contributed by atoms with Crippen LogP contribution in [0.4, 0.5) is 5.69 Å². The smallest absolute Gasteiger partial charge is 0.172 e. The molecule has 1 aliphatic heterocycles. The van der Waals surface area contributed by atoms with Crippen LogP contribution in [-0.4, -0.2) is 23.2 Å². The maximum atomic E-state index is 5.79. The predicted octanol–water partition coefficient (Wildman–Crippen LogP) is 2.58. The molecule has 0 radical (unpaired) electrons. The number of imidazole rings is 1. The molecule has 3 N–H and O–H groups in total. The third kappa shape index (κ3) is 1.67. The number of fused-ring (bicyclic) bond motifs is 2. The Bertz CT molecular complexity index is 795. The van der Waals surface area contributed by atoms with Crippen molar-refractivity contribution in [1.29, 1.82) is 0 Å². The summed E-state index contributed by atoms with van der Waals surface area (Å²) in [7, 11) is 0. The number of hydrogen-bond acceptors (Lipinski definition) is 4. The zero-order valence-electron chi connectivity index (χ0n) is 10.7. The molecule has 0 atom stereocenters. The molecule has 5 heteroatoms. The van der Waals surface area contributed by atoms with E-state index in [0.29, 0.717) is 18.9 Å². The number of ether oxygens (including phenoxy) is 2. The quantitative estimate of drug-likeness (QED) is 0.665. The normalized spacial score (nSPS) is 13.6. The van der Waals surface area contributed by atoms with Gasteiger partial charge in [0.25, 0.3) is 0 Å². The molecule has 5 nitrogen and oxygen atoms in total. The van der Waals surface area contributed by atoms with Crippen molar-refractivity contribution in [2.75, 3.05) is 18.9 Å². The van der Waals surface area contributed by atoms with E-state index in [2.05, 4.69) is 9.97 Å². The van der Waals surface area contributed by atoms with E-state index in [-0.39, 0.29) is 0 Å². The summed E-state index contributed by atoms with van der Waals surface area (Å²) in [5.74, 6) is 2.26. The molecule has 0 aliphatic carbocycles. The first-order chi connectivity index (χ1) is 9.81. The Morgan fingerprint density at radius 1 is 1.10 bits per heavy atom. The van der Waals surface area contributed by atoms with Crippen LogP contribution in [-0.2, 0) is 0 Å². The van der Waals surface area contributed by atoms with Crippen LogP contribution in [0.1, 0.15) is 0 Å². The molecule has 0 saturated carbocycles. The second-order valence-corrected chi connectivity index (χ2v) is 4.69. The zero-order chi connectivity index (χ0) is 13.5. The molecule has 4 rings (SSSR count). The number of anilines is 1. The number of nitrogen functional groups attached to an aromatic ring is 1. The summed E-state index contributed by atoms with van der Waals surface area (Å²) >= 11 is 0. The Balaban J connectivity index is 1.90. The summed E-state index contributed by atoms with van der Waals surface area (Å²) in [5.41, 5.74) is 9.19. The van der Waals surface area contributed by atoms with Crippen molar-refractivity contribution in [3.8, 4) is 22.9 Å². The van der Waals surface area contributed by atoms with Crippen LogP contribution in [0.5, 0.6) is 11.5 Å². The first-order valence-electron chi connectivity index (χ1n) is 6.45. The molecule has 1 aromatic heterocycles. The summed E-state index contributed by atoms with van der Waals surface area (Å²) in [6.45, 7) is 1.13. The number of aromatic nitrogens is 2. The zero-order valence-corrected chi connectivity index (χ0v) is 10.7. The van der Waals surface area contributed by atoms with Gasteiger partial charge in [-0.25, -0.2) is 4.98 Å². The maximum absolute atomic E-state index is 5.79. The molecule has 0 spiro atoms. The third-order valence-corrected chi connectivity index (χ3v) is 3.33. The van der Waals surface area contributed by atoms with Gasteiger partial charge in [0.2, 0.25) is 0 Å². The molecule has 100 valence electrons. The van der Waals surface area contributed by atoms with E-state index in [9.17, 15) is 0 Å². The van der Waals surface area contributed by atoms with Crippen LogP contribution >= 0.6 is 0 Å². The number of nitrogens with two attached hydrogens (primary N) is 1. The molecule has 1 aliphatic rings. The first kappa shape index (κ1) is 11.2. The number of nitrogens with one attached hydrogen (secondary N) is 1. The van der Waals surface area contributed by atoms with Crippen LogP contribution in [0.3, 0.4) is 0 Å². The van der Waals surface area contributed by atoms with E-state index in [4.69, 9.17) is 15.2 Å². The van der Waals surface area contributed by atoms with E-state index in [1.165, 1.54) is 0 Å². The summed E-state index contributed by atoms with van der Waals surface area (Å²) in [6, 6.07) is 11.4. The second-order valence-electron chi connectivity index (χ2n) is 4.69. The average Bonchev–Trinajstić information content (AvgIpc) is 2.89. The number of hydrogen-bond donors (Lipinski definition) is 2. The van der Waals surface area contributed by atoms with Gasteiger partial charge >= 0.3 is 0 Å². The third-order valence-electron chi connectivity index (χ3n) is 3.33. The van der Waals surface area contributed by atoms with Gasteiger partial charge in [-0.15, -0.1) is 0 Å². The van der Waals surface area contributed by atoms with Gasteiger partial charge in [-0.1, -0.05) is 6.07 Å². The van der Waals surface area contributed by atoms with Crippen molar-refractivity contribution in [3.63, 3.8) is 0 Å². The van der Waals surface area contributed by atoms with Gasteiger partial charge < -0.3 is 20.2 Å².